The number of nitrogens with one attached hydrogen (secondary N) is 2. The highest BCUT2D eigenvalue weighted by molar-refractivity contribution is 6.08. The number of hydrogen-bond donors (Lipinski definition) is 4. The van der Waals surface area contributed by atoms with Crippen LogP contribution in [-0.4, -0.2) is 104 Å². The minimum absolute atomic E-state index is 0.127. The van der Waals surface area contributed by atoms with E-state index in [2.05, 4.69) is 10.6 Å². The first-order valence-electron chi connectivity index (χ1n) is 14.4. The largest absolute Gasteiger partial charge is 0.462 e. The number of ether oxygens (including phenoxy) is 3. The lowest BCUT2D eigenvalue weighted by molar-refractivity contribution is -0.156. The number of benzene rings is 1. The van der Waals surface area contributed by atoms with Crippen LogP contribution in [0.3, 0.4) is 0 Å². The number of likely N-dealkylation sites (N-methyl/N-ethyl adjacent to an activating group) is 1. The van der Waals surface area contributed by atoms with Crippen LogP contribution in [0.15, 0.2) is 0 Å². The standard InChI is InChI=1S/C26H39N3O10.2C2H6/c1-8-20-22(25(35)27-9-18(33)11-30)14(2)24(28-21(34)13-37-7)15(3)23(20)26(36)29(6)10-19(39-17(5)32)12-38-16(4)31;2*1-2/h18-19,30,33H,8-13H2,1-7H3,(H,27,35)(H,28,34);2*1-2H3. The van der Waals surface area contributed by atoms with Gasteiger partial charge in [-0.25, -0.2) is 0 Å². The zero-order chi connectivity index (χ0) is 33.9. The van der Waals surface area contributed by atoms with E-state index in [0.29, 0.717) is 16.7 Å². The molecule has 1 rings (SSSR count). The molecule has 3 amide bonds. The van der Waals surface area contributed by atoms with E-state index in [4.69, 9.17) is 19.3 Å². The number of nitrogens with zero attached hydrogens (tertiary/aromatic N) is 1. The van der Waals surface area contributed by atoms with E-state index in [9.17, 15) is 29.1 Å². The van der Waals surface area contributed by atoms with E-state index in [1.807, 2.05) is 27.7 Å². The molecule has 4 N–H and O–H groups in total. The molecule has 0 radical (unpaired) electrons. The molecule has 0 aliphatic heterocycles. The number of rotatable bonds is 14. The lowest BCUT2D eigenvalue weighted by Crippen LogP contribution is -2.40. The number of anilines is 1. The maximum Gasteiger partial charge on any atom is 0.303 e. The first-order valence-corrected chi connectivity index (χ1v) is 14.4. The maximum atomic E-state index is 13.8. The van der Waals surface area contributed by atoms with Crippen molar-refractivity contribution in [1.82, 2.24) is 10.2 Å². The monoisotopic (exact) mass is 613 g/mol. The Morgan fingerprint density at radius 3 is 1.98 bits per heavy atom. The summed E-state index contributed by atoms with van der Waals surface area (Å²) in [6, 6.07) is 0. The van der Waals surface area contributed by atoms with E-state index in [1.54, 1.807) is 20.8 Å². The van der Waals surface area contributed by atoms with Crippen LogP contribution in [0.1, 0.15) is 85.9 Å². The van der Waals surface area contributed by atoms with Crippen LogP contribution < -0.4 is 10.6 Å². The first-order chi connectivity index (χ1) is 20.3. The summed E-state index contributed by atoms with van der Waals surface area (Å²) in [5, 5.41) is 24.1. The molecule has 13 nitrogen and oxygen atoms in total. The number of esters is 2. The van der Waals surface area contributed by atoms with Gasteiger partial charge in [0.15, 0.2) is 6.10 Å². The summed E-state index contributed by atoms with van der Waals surface area (Å²) in [5.41, 5.74) is 1.73. The minimum atomic E-state index is -1.19. The number of carbonyl (C=O) groups is 5. The van der Waals surface area contributed by atoms with E-state index in [0.717, 1.165) is 0 Å². The van der Waals surface area contributed by atoms with Crippen molar-refractivity contribution in [2.75, 3.05) is 52.4 Å². The van der Waals surface area contributed by atoms with Crippen molar-refractivity contribution < 1.29 is 48.4 Å². The molecular formula is C30H51N3O10. The summed E-state index contributed by atoms with van der Waals surface area (Å²) in [6.07, 6.45) is -1.87. The van der Waals surface area contributed by atoms with Gasteiger partial charge >= 0.3 is 11.9 Å². The molecule has 0 heterocycles. The molecule has 0 aromatic heterocycles. The van der Waals surface area contributed by atoms with Crippen molar-refractivity contribution in [3.63, 3.8) is 0 Å². The Bertz CT molecular complexity index is 1080. The summed E-state index contributed by atoms with van der Waals surface area (Å²) in [7, 11) is 2.82. The Balaban J connectivity index is 0. The fourth-order valence-electron chi connectivity index (χ4n) is 4.07. The van der Waals surface area contributed by atoms with Gasteiger partial charge in [-0.3, -0.25) is 24.0 Å². The number of amides is 3. The third-order valence-electron chi connectivity index (χ3n) is 5.78. The normalized spacial score (nSPS) is 11.4. The molecule has 2 unspecified atom stereocenters. The Hall–Kier alpha value is -3.55. The average Bonchev–Trinajstić information content (AvgIpc) is 2.97. The summed E-state index contributed by atoms with van der Waals surface area (Å²) in [4.78, 5) is 63.6. The quantitative estimate of drug-likeness (QED) is 0.227. The minimum Gasteiger partial charge on any atom is -0.462 e. The predicted molar refractivity (Wildman–Crippen MR) is 163 cm³/mol. The highest BCUT2D eigenvalue weighted by Gasteiger charge is 2.30. The van der Waals surface area contributed by atoms with Crippen LogP contribution in [0.25, 0.3) is 0 Å². The van der Waals surface area contributed by atoms with Gasteiger partial charge in [0, 0.05) is 51.4 Å². The lowest BCUT2D eigenvalue weighted by Gasteiger charge is -2.28. The molecule has 246 valence electrons. The molecule has 2 atom stereocenters. The fourth-order valence-corrected chi connectivity index (χ4v) is 4.07. The summed E-state index contributed by atoms with van der Waals surface area (Å²) < 4.78 is 15.1. The molecule has 0 spiro atoms. The van der Waals surface area contributed by atoms with Crippen LogP contribution in [0, 0.1) is 13.8 Å². The SMILES string of the molecule is CC.CC.CCc1c(C(=O)NCC(O)CO)c(C)c(NC(=O)COC)c(C)c1C(=O)N(C)CC(COC(C)=O)OC(C)=O. The van der Waals surface area contributed by atoms with Gasteiger partial charge in [0.2, 0.25) is 5.91 Å². The van der Waals surface area contributed by atoms with E-state index in [1.165, 1.54) is 32.9 Å². The second-order valence-corrected chi connectivity index (χ2v) is 8.95. The van der Waals surface area contributed by atoms with Crippen molar-refractivity contribution >= 4 is 35.3 Å². The topological polar surface area (TPSA) is 181 Å². The highest BCUT2D eigenvalue weighted by atomic mass is 16.6. The van der Waals surface area contributed by atoms with Crippen LogP contribution in [-0.2, 0) is 35.0 Å². The highest BCUT2D eigenvalue weighted by Crippen LogP contribution is 2.33. The van der Waals surface area contributed by atoms with Crippen molar-refractivity contribution in [2.45, 2.75) is 80.9 Å². The van der Waals surface area contributed by atoms with Gasteiger partial charge in [0.05, 0.1) is 19.3 Å². The van der Waals surface area contributed by atoms with Crippen LogP contribution in [0.4, 0.5) is 5.69 Å². The zero-order valence-corrected chi connectivity index (χ0v) is 27.5. The van der Waals surface area contributed by atoms with Gasteiger partial charge < -0.3 is 40.0 Å². The van der Waals surface area contributed by atoms with Crippen molar-refractivity contribution in [2.24, 2.45) is 0 Å². The Morgan fingerprint density at radius 1 is 0.953 bits per heavy atom. The third kappa shape index (κ3) is 13.5. The van der Waals surface area contributed by atoms with Crippen molar-refractivity contribution in [3.8, 4) is 0 Å². The van der Waals surface area contributed by atoms with E-state index < -0.39 is 48.5 Å². The van der Waals surface area contributed by atoms with Crippen LogP contribution in [0.2, 0.25) is 0 Å². The number of aliphatic hydroxyl groups excluding tert-OH is 2. The summed E-state index contributed by atoms with van der Waals surface area (Å²) >= 11 is 0. The average molecular weight is 614 g/mol. The molecule has 0 saturated heterocycles. The van der Waals surface area contributed by atoms with Gasteiger partial charge in [-0.2, -0.15) is 0 Å². The number of carbonyl (C=O) groups excluding carboxylic acids is 5. The van der Waals surface area contributed by atoms with Gasteiger partial charge in [0.1, 0.15) is 13.2 Å². The predicted octanol–water partition coefficient (Wildman–Crippen LogP) is 2.15. The van der Waals surface area contributed by atoms with Gasteiger partial charge in [-0.1, -0.05) is 34.6 Å². The molecule has 0 bridgehead atoms. The van der Waals surface area contributed by atoms with Gasteiger partial charge in [-0.05, 0) is 37.0 Å². The Labute approximate surface area is 255 Å². The lowest BCUT2D eigenvalue weighted by atomic mass is 9.87. The number of methoxy groups -OCH3 is 1. The first kappa shape index (κ1) is 41.6. The zero-order valence-electron chi connectivity index (χ0n) is 27.5. The molecule has 13 heteroatoms. The number of aliphatic hydroxyl groups is 2. The van der Waals surface area contributed by atoms with Crippen molar-refractivity contribution in [3.05, 3.63) is 27.8 Å². The van der Waals surface area contributed by atoms with Gasteiger partial charge in [-0.15, -0.1) is 0 Å². The summed E-state index contributed by atoms with van der Waals surface area (Å²) in [6.45, 7) is 14.0. The molecule has 0 fully saturated rings. The second-order valence-electron chi connectivity index (χ2n) is 8.95. The molecule has 43 heavy (non-hydrogen) atoms. The molecule has 1 aromatic rings. The Kier molecular flexibility index (Phi) is 21.3. The third-order valence-corrected chi connectivity index (χ3v) is 5.78. The molecule has 0 aliphatic rings. The van der Waals surface area contributed by atoms with E-state index >= 15 is 0 Å². The van der Waals surface area contributed by atoms with Crippen molar-refractivity contribution in [1.29, 1.82) is 0 Å². The molecule has 0 aliphatic carbocycles. The smallest absolute Gasteiger partial charge is 0.303 e. The number of hydrogen-bond acceptors (Lipinski definition) is 10. The summed E-state index contributed by atoms with van der Waals surface area (Å²) in [5.74, 6) is -2.85. The fraction of sp³-hybridized carbons (Fsp3) is 0.633. The van der Waals surface area contributed by atoms with Crippen LogP contribution >= 0.6 is 0 Å². The molecule has 0 saturated carbocycles. The Morgan fingerprint density at radius 2 is 1.51 bits per heavy atom. The van der Waals surface area contributed by atoms with Crippen LogP contribution in [0.5, 0.6) is 0 Å². The van der Waals surface area contributed by atoms with Gasteiger partial charge in [0.25, 0.3) is 11.8 Å². The molecule has 1 aromatic carbocycles. The molecular weight excluding hydrogens is 562 g/mol. The maximum absolute atomic E-state index is 13.8. The second kappa shape index (κ2) is 22.1. The van der Waals surface area contributed by atoms with E-state index in [-0.39, 0.29) is 49.5 Å².